The Labute approximate surface area is 135 Å². The van der Waals surface area contributed by atoms with Crippen LogP contribution in [0.2, 0.25) is 0 Å². The first-order valence-corrected chi connectivity index (χ1v) is 8.74. The molecule has 0 radical (unpaired) electrons. The predicted molar refractivity (Wildman–Crippen MR) is 83.4 cm³/mol. The molecule has 1 aromatic carbocycles. The van der Waals surface area contributed by atoms with Crippen LogP contribution >= 0.6 is 0 Å². The third-order valence-corrected chi connectivity index (χ3v) is 5.44. The van der Waals surface area contributed by atoms with E-state index in [1.807, 2.05) is 0 Å². The van der Waals surface area contributed by atoms with Gasteiger partial charge in [0.05, 0.1) is 10.5 Å². The minimum absolute atomic E-state index is 0.00261. The summed E-state index contributed by atoms with van der Waals surface area (Å²) in [7, 11) is -0.803. The van der Waals surface area contributed by atoms with Gasteiger partial charge in [0.1, 0.15) is 0 Å². The van der Waals surface area contributed by atoms with Crippen LogP contribution in [0.1, 0.15) is 23.2 Å². The van der Waals surface area contributed by atoms with Crippen molar-refractivity contribution in [1.29, 1.82) is 0 Å². The fourth-order valence-electron chi connectivity index (χ4n) is 2.26. The Morgan fingerprint density at radius 1 is 1.22 bits per heavy atom. The van der Waals surface area contributed by atoms with Crippen molar-refractivity contribution in [3.05, 3.63) is 29.8 Å². The topological polar surface area (TPSA) is 84.0 Å². The monoisotopic (exact) mass is 340 g/mol. The molecule has 23 heavy (non-hydrogen) atoms. The Kier molecular flexibility index (Phi) is 5.38. The van der Waals surface area contributed by atoms with Crippen molar-refractivity contribution in [3.63, 3.8) is 0 Å². The normalized spacial score (nSPS) is 15.0. The van der Waals surface area contributed by atoms with Crippen LogP contribution in [0.3, 0.4) is 0 Å². The average molecular weight is 340 g/mol. The van der Waals surface area contributed by atoms with Crippen molar-refractivity contribution in [3.8, 4) is 0 Å². The van der Waals surface area contributed by atoms with Gasteiger partial charge < -0.3 is 9.64 Å². The van der Waals surface area contributed by atoms with Crippen LogP contribution in [-0.2, 0) is 19.6 Å². The first kappa shape index (κ1) is 17.4. The van der Waals surface area contributed by atoms with Gasteiger partial charge in [0.2, 0.25) is 10.0 Å². The average Bonchev–Trinajstić information content (AvgIpc) is 3.06. The molecule has 0 bridgehead atoms. The second kappa shape index (κ2) is 7.10. The highest BCUT2D eigenvalue weighted by Gasteiger charge is 2.21. The van der Waals surface area contributed by atoms with E-state index in [2.05, 4.69) is 0 Å². The summed E-state index contributed by atoms with van der Waals surface area (Å²) < 4.78 is 30.2. The molecule has 0 atom stereocenters. The number of rotatable bonds is 5. The van der Waals surface area contributed by atoms with Crippen LogP contribution in [0.4, 0.5) is 0 Å². The second-order valence-electron chi connectivity index (χ2n) is 5.48. The molecule has 0 spiro atoms. The van der Waals surface area contributed by atoms with Crippen LogP contribution in [0.5, 0.6) is 0 Å². The first-order chi connectivity index (χ1) is 10.8. The second-order valence-corrected chi connectivity index (χ2v) is 7.63. The molecule has 1 aliphatic rings. The van der Waals surface area contributed by atoms with E-state index in [4.69, 9.17) is 4.74 Å². The van der Waals surface area contributed by atoms with E-state index >= 15 is 0 Å². The molecule has 1 fully saturated rings. The zero-order valence-electron chi connectivity index (χ0n) is 13.2. The van der Waals surface area contributed by atoms with Crippen LogP contribution in [0.25, 0.3) is 0 Å². The third kappa shape index (κ3) is 4.08. The van der Waals surface area contributed by atoms with E-state index in [0.29, 0.717) is 13.1 Å². The highest BCUT2D eigenvalue weighted by Crippen LogP contribution is 2.15. The molecule has 0 saturated carbocycles. The number of carbonyl (C=O) groups is 2. The molecule has 0 aliphatic carbocycles. The summed E-state index contributed by atoms with van der Waals surface area (Å²) in [4.78, 5) is 25.5. The van der Waals surface area contributed by atoms with E-state index in [1.54, 1.807) is 4.90 Å². The summed E-state index contributed by atoms with van der Waals surface area (Å²) in [5.74, 6) is -0.943. The Balaban J connectivity index is 2.04. The number of amides is 1. The fraction of sp³-hybridized carbons (Fsp3) is 0.467. The summed E-state index contributed by atoms with van der Waals surface area (Å²) in [5.41, 5.74) is 0.0992. The molecule has 1 aromatic rings. The standard InChI is InChI=1S/C15H20N2O5S/c1-16(2)23(20,21)13-7-5-6-12(10-13)15(19)22-11-14(18)17-8-3-4-9-17/h5-7,10H,3-4,8-9,11H2,1-2H3. The van der Waals surface area contributed by atoms with E-state index in [9.17, 15) is 18.0 Å². The van der Waals surface area contributed by atoms with Gasteiger partial charge in [0, 0.05) is 27.2 Å². The summed E-state index contributed by atoms with van der Waals surface area (Å²) in [6.45, 7) is 1.05. The van der Waals surface area contributed by atoms with Gasteiger partial charge in [0.25, 0.3) is 5.91 Å². The highest BCUT2D eigenvalue weighted by atomic mass is 32.2. The van der Waals surface area contributed by atoms with Crippen LogP contribution < -0.4 is 0 Å². The number of hydrogen-bond acceptors (Lipinski definition) is 5. The lowest BCUT2D eigenvalue weighted by Crippen LogP contribution is -2.32. The number of esters is 1. The molecule has 2 rings (SSSR count). The summed E-state index contributed by atoms with van der Waals surface area (Å²) >= 11 is 0. The van der Waals surface area contributed by atoms with Crippen molar-refractivity contribution >= 4 is 21.9 Å². The van der Waals surface area contributed by atoms with E-state index < -0.39 is 16.0 Å². The van der Waals surface area contributed by atoms with Crippen LogP contribution in [0.15, 0.2) is 29.2 Å². The summed E-state index contributed by atoms with van der Waals surface area (Å²) in [6.07, 6.45) is 1.92. The molecule has 126 valence electrons. The van der Waals surface area contributed by atoms with Gasteiger partial charge in [0.15, 0.2) is 6.61 Å². The Morgan fingerprint density at radius 2 is 1.87 bits per heavy atom. The molecule has 1 saturated heterocycles. The van der Waals surface area contributed by atoms with Crippen molar-refractivity contribution in [2.45, 2.75) is 17.7 Å². The van der Waals surface area contributed by atoms with Crippen molar-refractivity contribution in [2.24, 2.45) is 0 Å². The summed E-state index contributed by atoms with van der Waals surface area (Å²) in [6, 6.07) is 5.58. The number of likely N-dealkylation sites (tertiary alicyclic amines) is 1. The van der Waals surface area contributed by atoms with Crippen molar-refractivity contribution in [2.75, 3.05) is 33.8 Å². The lowest BCUT2D eigenvalue weighted by Gasteiger charge is -2.15. The predicted octanol–water partition coefficient (Wildman–Crippen LogP) is 0.716. The molecular weight excluding hydrogens is 320 g/mol. The van der Waals surface area contributed by atoms with Gasteiger partial charge in [-0.2, -0.15) is 0 Å². The molecule has 0 unspecified atom stereocenters. The van der Waals surface area contributed by atoms with E-state index in [1.165, 1.54) is 38.4 Å². The molecule has 1 amide bonds. The quantitative estimate of drug-likeness (QED) is 0.737. The van der Waals surface area contributed by atoms with Crippen LogP contribution in [-0.4, -0.2) is 63.3 Å². The number of nitrogens with zero attached hydrogens (tertiary/aromatic N) is 2. The first-order valence-electron chi connectivity index (χ1n) is 7.30. The Hall–Kier alpha value is -1.93. The Morgan fingerprint density at radius 3 is 2.48 bits per heavy atom. The molecule has 0 N–H and O–H groups in total. The molecular formula is C15H20N2O5S. The lowest BCUT2D eigenvalue weighted by atomic mass is 10.2. The van der Waals surface area contributed by atoms with Gasteiger partial charge in [-0.15, -0.1) is 0 Å². The zero-order chi connectivity index (χ0) is 17.0. The minimum Gasteiger partial charge on any atom is -0.452 e. The minimum atomic E-state index is -3.63. The lowest BCUT2D eigenvalue weighted by molar-refractivity contribution is -0.133. The maximum Gasteiger partial charge on any atom is 0.338 e. The molecule has 7 nitrogen and oxygen atoms in total. The summed E-state index contributed by atoms with van der Waals surface area (Å²) in [5, 5.41) is 0. The largest absolute Gasteiger partial charge is 0.452 e. The van der Waals surface area contributed by atoms with E-state index in [-0.39, 0.29) is 23.0 Å². The van der Waals surface area contributed by atoms with Crippen molar-refractivity contribution in [1.82, 2.24) is 9.21 Å². The third-order valence-electron chi connectivity index (χ3n) is 3.63. The van der Waals surface area contributed by atoms with Gasteiger partial charge in [-0.3, -0.25) is 4.79 Å². The van der Waals surface area contributed by atoms with Crippen LogP contribution in [0, 0.1) is 0 Å². The van der Waals surface area contributed by atoms with Gasteiger partial charge in [-0.05, 0) is 31.0 Å². The maximum atomic E-state index is 12.1. The number of benzene rings is 1. The molecule has 1 heterocycles. The fourth-order valence-corrected chi connectivity index (χ4v) is 3.21. The number of ether oxygens (including phenoxy) is 1. The smallest absolute Gasteiger partial charge is 0.338 e. The van der Waals surface area contributed by atoms with Gasteiger partial charge in [-0.25, -0.2) is 17.5 Å². The molecule has 0 aromatic heterocycles. The highest BCUT2D eigenvalue weighted by molar-refractivity contribution is 7.89. The number of sulfonamides is 1. The van der Waals surface area contributed by atoms with Gasteiger partial charge in [-0.1, -0.05) is 6.07 Å². The van der Waals surface area contributed by atoms with E-state index in [0.717, 1.165) is 17.1 Å². The van der Waals surface area contributed by atoms with Crippen molar-refractivity contribution < 1.29 is 22.7 Å². The van der Waals surface area contributed by atoms with Gasteiger partial charge >= 0.3 is 5.97 Å². The maximum absolute atomic E-state index is 12.1. The zero-order valence-corrected chi connectivity index (χ0v) is 14.0. The number of hydrogen-bond donors (Lipinski definition) is 0. The Bertz CT molecular complexity index is 694. The molecule has 1 aliphatic heterocycles. The number of carbonyl (C=O) groups excluding carboxylic acids is 2. The SMILES string of the molecule is CN(C)S(=O)(=O)c1cccc(C(=O)OCC(=O)N2CCCC2)c1. The molecule has 8 heteroatoms.